The van der Waals surface area contributed by atoms with Crippen molar-refractivity contribution in [1.29, 1.82) is 0 Å². The lowest BCUT2D eigenvalue weighted by atomic mass is 10.1. The quantitative estimate of drug-likeness (QED) is 0.514. The van der Waals surface area contributed by atoms with Gasteiger partial charge < -0.3 is 0 Å². The fraction of sp³-hybridized carbons (Fsp3) is 0.300. The first-order valence-corrected chi connectivity index (χ1v) is 5.02. The lowest BCUT2D eigenvalue weighted by Crippen LogP contribution is -1.89. The molecule has 0 atom stereocenters. The third-order valence-corrected chi connectivity index (χ3v) is 2.77. The first-order valence-electron chi connectivity index (χ1n) is 3.79. The number of rotatable bonds is 2. The van der Waals surface area contributed by atoms with Gasteiger partial charge in [0.1, 0.15) is 0 Å². The van der Waals surface area contributed by atoms with Crippen molar-refractivity contribution in [2.75, 3.05) is 6.26 Å². The van der Waals surface area contributed by atoms with Crippen LogP contribution >= 0.6 is 11.8 Å². The monoisotopic (exact) mass is 180 g/mol. The fourth-order valence-corrected chi connectivity index (χ4v) is 1.72. The van der Waals surface area contributed by atoms with E-state index in [4.69, 9.17) is 0 Å². The number of hydrogen-bond acceptors (Lipinski definition) is 2. The summed E-state index contributed by atoms with van der Waals surface area (Å²) in [5, 5.41) is 0. The van der Waals surface area contributed by atoms with E-state index in [1.807, 2.05) is 19.2 Å². The van der Waals surface area contributed by atoms with Gasteiger partial charge in [0.05, 0.1) is 0 Å². The molecule has 0 aromatic heterocycles. The molecule has 0 aliphatic heterocycles. The Bertz CT molecular complexity index is 305. The Hall–Kier alpha value is -0.760. The van der Waals surface area contributed by atoms with Crippen LogP contribution in [0, 0.1) is 13.8 Å². The summed E-state index contributed by atoms with van der Waals surface area (Å²) in [4.78, 5) is 11.7. The number of carbonyl (C=O) groups is 1. The van der Waals surface area contributed by atoms with Crippen molar-refractivity contribution in [1.82, 2.24) is 0 Å². The number of thioether (sulfide) groups is 1. The minimum Gasteiger partial charge on any atom is -0.298 e. The highest BCUT2D eigenvalue weighted by molar-refractivity contribution is 7.98. The van der Waals surface area contributed by atoms with Crippen molar-refractivity contribution in [2.24, 2.45) is 0 Å². The third kappa shape index (κ3) is 1.69. The Morgan fingerprint density at radius 3 is 2.33 bits per heavy atom. The molecule has 0 bridgehead atoms. The predicted molar refractivity (Wildman–Crippen MR) is 53.1 cm³/mol. The summed E-state index contributed by atoms with van der Waals surface area (Å²) in [6, 6.07) is 4.00. The highest BCUT2D eigenvalue weighted by atomic mass is 32.2. The normalized spacial score (nSPS) is 9.92. The zero-order valence-electron chi connectivity index (χ0n) is 7.55. The van der Waals surface area contributed by atoms with Gasteiger partial charge in [0.25, 0.3) is 0 Å². The summed E-state index contributed by atoms with van der Waals surface area (Å²) < 4.78 is 0. The van der Waals surface area contributed by atoms with Gasteiger partial charge in [0.15, 0.2) is 6.29 Å². The van der Waals surface area contributed by atoms with Crippen LogP contribution in [0.3, 0.4) is 0 Å². The van der Waals surface area contributed by atoms with Gasteiger partial charge in [-0.2, -0.15) is 0 Å². The molecule has 12 heavy (non-hydrogen) atoms. The molecule has 0 N–H and O–H groups in total. The van der Waals surface area contributed by atoms with Crippen molar-refractivity contribution in [3.05, 3.63) is 28.8 Å². The van der Waals surface area contributed by atoms with E-state index in [-0.39, 0.29) is 0 Å². The van der Waals surface area contributed by atoms with Crippen molar-refractivity contribution >= 4 is 18.0 Å². The topological polar surface area (TPSA) is 17.1 Å². The molecule has 1 aromatic carbocycles. The standard InChI is InChI=1S/C10H12OS/c1-7-4-9(6-11)10(12-3)5-8(7)2/h4-6H,1-3H3. The molecule has 0 heterocycles. The lowest BCUT2D eigenvalue weighted by molar-refractivity contribution is 0.112. The Morgan fingerprint density at radius 1 is 1.25 bits per heavy atom. The van der Waals surface area contributed by atoms with E-state index in [2.05, 4.69) is 13.0 Å². The molecule has 0 saturated carbocycles. The van der Waals surface area contributed by atoms with E-state index in [0.29, 0.717) is 0 Å². The van der Waals surface area contributed by atoms with Crippen LogP contribution < -0.4 is 0 Å². The fourth-order valence-electron chi connectivity index (χ4n) is 1.08. The minimum absolute atomic E-state index is 0.797. The van der Waals surface area contributed by atoms with Gasteiger partial charge in [-0.25, -0.2) is 0 Å². The molecule has 64 valence electrons. The molecule has 1 aromatic rings. The Morgan fingerprint density at radius 2 is 1.83 bits per heavy atom. The molecule has 0 unspecified atom stereocenters. The molecule has 0 saturated heterocycles. The van der Waals surface area contributed by atoms with Gasteiger partial charge in [-0.1, -0.05) is 0 Å². The summed E-state index contributed by atoms with van der Waals surface area (Å²) in [6.07, 6.45) is 2.90. The number of hydrogen-bond donors (Lipinski definition) is 0. The Labute approximate surface area is 77.2 Å². The second-order valence-electron chi connectivity index (χ2n) is 2.80. The van der Waals surface area contributed by atoms with Crippen molar-refractivity contribution in [3.8, 4) is 0 Å². The summed E-state index contributed by atoms with van der Waals surface area (Å²) in [5.74, 6) is 0. The van der Waals surface area contributed by atoms with Gasteiger partial charge in [-0.05, 0) is 43.4 Å². The van der Waals surface area contributed by atoms with Crippen LogP contribution in [0.15, 0.2) is 17.0 Å². The maximum Gasteiger partial charge on any atom is 0.151 e. The molecule has 0 aliphatic rings. The predicted octanol–water partition coefficient (Wildman–Crippen LogP) is 2.84. The number of carbonyl (C=O) groups excluding carboxylic acids is 1. The molecular weight excluding hydrogens is 168 g/mol. The largest absolute Gasteiger partial charge is 0.298 e. The first-order chi connectivity index (χ1) is 5.69. The summed E-state index contributed by atoms with van der Waals surface area (Å²) >= 11 is 1.61. The Kier molecular flexibility index (Phi) is 2.93. The van der Waals surface area contributed by atoms with E-state index in [1.165, 1.54) is 11.1 Å². The number of aryl methyl sites for hydroxylation is 2. The second-order valence-corrected chi connectivity index (χ2v) is 3.64. The van der Waals surface area contributed by atoms with Crippen LogP contribution in [-0.4, -0.2) is 12.5 Å². The van der Waals surface area contributed by atoms with Gasteiger partial charge in [-0.3, -0.25) is 4.79 Å². The van der Waals surface area contributed by atoms with Crippen molar-refractivity contribution in [3.63, 3.8) is 0 Å². The summed E-state index contributed by atoms with van der Waals surface area (Å²) in [7, 11) is 0. The molecule has 1 rings (SSSR count). The summed E-state index contributed by atoms with van der Waals surface area (Å²) in [6.45, 7) is 4.08. The molecule has 0 aliphatic carbocycles. The van der Waals surface area contributed by atoms with Crippen LogP contribution in [0.1, 0.15) is 21.5 Å². The van der Waals surface area contributed by atoms with E-state index in [0.717, 1.165) is 16.7 Å². The van der Waals surface area contributed by atoms with Crippen LogP contribution in [0.5, 0.6) is 0 Å². The minimum atomic E-state index is 0.797. The van der Waals surface area contributed by atoms with Crippen LogP contribution in [0.4, 0.5) is 0 Å². The molecule has 1 nitrogen and oxygen atoms in total. The van der Waals surface area contributed by atoms with E-state index in [9.17, 15) is 4.79 Å². The first kappa shape index (κ1) is 9.33. The van der Waals surface area contributed by atoms with Gasteiger partial charge >= 0.3 is 0 Å². The molecule has 0 amide bonds. The molecule has 0 spiro atoms. The average molecular weight is 180 g/mol. The van der Waals surface area contributed by atoms with Gasteiger partial charge in [0.2, 0.25) is 0 Å². The van der Waals surface area contributed by atoms with E-state index in [1.54, 1.807) is 11.8 Å². The Balaban J connectivity index is 3.28. The van der Waals surface area contributed by atoms with E-state index >= 15 is 0 Å². The van der Waals surface area contributed by atoms with Crippen LogP contribution in [0.25, 0.3) is 0 Å². The van der Waals surface area contributed by atoms with Crippen LogP contribution in [0.2, 0.25) is 0 Å². The molecule has 2 heteroatoms. The average Bonchev–Trinajstić information content (AvgIpc) is 2.09. The van der Waals surface area contributed by atoms with E-state index < -0.39 is 0 Å². The van der Waals surface area contributed by atoms with Crippen molar-refractivity contribution < 1.29 is 4.79 Å². The highest BCUT2D eigenvalue weighted by Gasteiger charge is 2.02. The molecule has 0 radical (unpaired) electrons. The third-order valence-electron chi connectivity index (χ3n) is 1.97. The zero-order valence-corrected chi connectivity index (χ0v) is 8.37. The maximum atomic E-state index is 10.6. The SMILES string of the molecule is CSc1cc(C)c(C)cc1C=O. The smallest absolute Gasteiger partial charge is 0.151 e. The highest BCUT2D eigenvalue weighted by Crippen LogP contribution is 2.22. The van der Waals surface area contributed by atoms with Crippen LogP contribution in [-0.2, 0) is 0 Å². The summed E-state index contributed by atoms with van der Waals surface area (Å²) in [5.41, 5.74) is 3.21. The van der Waals surface area contributed by atoms with Gasteiger partial charge in [0, 0.05) is 10.5 Å². The van der Waals surface area contributed by atoms with Crippen molar-refractivity contribution in [2.45, 2.75) is 18.7 Å². The number of aldehydes is 1. The molecule has 0 fully saturated rings. The van der Waals surface area contributed by atoms with Gasteiger partial charge in [-0.15, -0.1) is 11.8 Å². The second kappa shape index (κ2) is 3.76. The molecular formula is C10H12OS. The lowest BCUT2D eigenvalue weighted by Gasteiger charge is -2.05. The zero-order chi connectivity index (χ0) is 9.14. The number of benzene rings is 1. The maximum absolute atomic E-state index is 10.6.